The standard InChI is InChI=1S/C16H20BrN3O2S/c1-4-20(5-2)14(21)12-13-10-8-9(17)6-7-11(10)22-16(12,3)19-15(23)18-13/h6-8,12-13H,4-5H2,1-3H3,(H2,18,19,23)/t12-,13-,16-/m0/s1. The number of hydrogen-bond acceptors (Lipinski definition) is 3. The van der Waals surface area contributed by atoms with Gasteiger partial charge in [-0.15, -0.1) is 0 Å². The smallest absolute Gasteiger partial charge is 0.234 e. The minimum Gasteiger partial charge on any atom is -0.467 e. The topological polar surface area (TPSA) is 53.6 Å². The van der Waals surface area contributed by atoms with Crippen molar-refractivity contribution in [2.45, 2.75) is 32.5 Å². The van der Waals surface area contributed by atoms with Gasteiger partial charge < -0.3 is 20.3 Å². The largest absolute Gasteiger partial charge is 0.467 e. The Kier molecular flexibility index (Phi) is 4.27. The average Bonchev–Trinajstić information content (AvgIpc) is 2.48. The van der Waals surface area contributed by atoms with E-state index in [4.69, 9.17) is 17.0 Å². The van der Waals surface area contributed by atoms with E-state index in [1.807, 2.05) is 43.9 Å². The summed E-state index contributed by atoms with van der Waals surface area (Å²) in [5.74, 6) is 0.443. The molecule has 0 radical (unpaired) electrons. The molecule has 3 rings (SSSR count). The third-order valence-electron chi connectivity index (χ3n) is 4.55. The fourth-order valence-corrected chi connectivity index (χ4v) is 4.13. The minimum atomic E-state index is -0.854. The third-order valence-corrected chi connectivity index (χ3v) is 5.26. The predicted octanol–water partition coefficient (Wildman–Crippen LogP) is 2.56. The zero-order valence-electron chi connectivity index (χ0n) is 13.4. The number of carbonyl (C=O) groups excluding carboxylic acids is 1. The van der Waals surface area contributed by atoms with Gasteiger partial charge >= 0.3 is 0 Å². The molecule has 0 saturated carbocycles. The van der Waals surface area contributed by atoms with E-state index in [1.165, 1.54) is 0 Å². The Hall–Kier alpha value is -1.34. The molecule has 0 aromatic heterocycles. The maximum Gasteiger partial charge on any atom is 0.234 e. The van der Waals surface area contributed by atoms with Crippen LogP contribution in [0, 0.1) is 5.92 Å². The Bertz CT molecular complexity index is 665. The molecule has 2 aliphatic rings. The van der Waals surface area contributed by atoms with Crippen LogP contribution >= 0.6 is 28.1 Å². The molecule has 1 fully saturated rings. The molecule has 0 aliphatic carbocycles. The lowest BCUT2D eigenvalue weighted by atomic mass is 9.79. The summed E-state index contributed by atoms with van der Waals surface area (Å²) in [5.41, 5.74) is 0.0965. The number of carbonyl (C=O) groups is 1. The van der Waals surface area contributed by atoms with Crippen LogP contribution in [0.5, 0.6) is 5.75 Å². The number of thiocarbonyl (C=S) groups is 1. The second-order valence-corrected chi connectivity index (χ2v) is 7.28. The summed E-state index contributed by atoms with van der Waals surface area (Å²) >= 11 is 8.81. The monoisotopic (exact) mass is 397 g/mol. The van der Waals surface area contributed by atoms with Crippen molar-refractivity contribution in [3.8, 4) is 5.75 Å². The highest BCUT2D eigenvalue weighted by atomic mass is 79.9. The number of nitrogens with one attached hydrogen (secondary N) is 2. The lowest BCUT2D eigenvalue weighted by Crippen LogP contribution is -2.71. The summed E-state index contributed by atoms with van der Waals surface area (Å²) in [6, 6.07) is 5.63. The van der Waals surface area contributed by atoms with E-state index in [-0.39, 0.29) is 11.9 Å². The molecule has 2 heterocycles. The zero-order chi connectivity index (χ0) is 16.8. The summed E-state index contributed by atoms with van der Waals surface area (Å²) < 4.78 is 7.13. The Labute approximate surface area is 149 Å². The van der Waals surface area contributed by atoms with Crippen molar-refractivity contribution in [2.75, 3.05) is 13.1 Å². The van der Waals surface area contributed by atoms with Crippen molar-refractivity contribution in [1.82, 2.24) is 15.5 Å². The van der Waals surface area contributed by atoms with Gasteiger partial charge in [-0.05, 0) is 51.2 Å². The number of rotatable bonds is 3. The fraction of sp³-hybridized carbons (Fsp3) is 0.500. The molecule has 2 aliphatic heterocycles. The number of ether oxygens (including phenoxy) is 1. The Morgan fingerprint density at radius 1 is 1.43 bits per heavy atom. The van der Waals surface area contributed by atoms with Crippen molar-refractivity contribution < 1.29 is 9.53 Å². The van der Waals surface area contributed by atoms with Gasteiger partial charge in [-0.3, -0.25) is 4.79 Å². The first kappa shape index (κ1) is 16.5. The molecule has 0 spiro atoms. The van der Waals surface area contributed by atoms with E-state index in [0.717, 1.165) is 15.8 Å². The van der Waals surface area contributed by atoms with Gasteiger partial charge in [-0.25, -0.2) is 0 Å². The maximum absolute atomic E-state index is 13.1. The van der Waals surface area contributed by atoms with Crippen LogP contribution in [0.4, 0.5) is 0 Å². The van der Waals surface area contributed by atoms with E-state index in [1.54, 1.807) is 0 Å². The second kappa shape index (κ2) is 5.94. The quantitative estimate of drug-likeness (QED) is 0.767. The summed E-state index contributed by atoms with van der Waals surface area (Å²) in [6.45, 7) is 7.21. The van der Waals surface area contributed by atoms with E-state index < -0.39 is 11.6 Å². The highest BCUT2D eigenvalue weighted by Crippen LogP contribution is 2.46. The van der Waals surface area contributed by atoms with Gasteiger partial charge in [0.2, 0.25) is 5.91 Å². The summed E-state index contributed by atoms with van der Waals surface area (Å²) in [4.78, 5) is 14.9. The number of benzene rings is 1. The first-order valence-corrected chi connectivity index (χ1v) is 8.95. The number of amides is 1. The fourth-order valence-electron chi connectivity index (χ4n) is 3.42. The lowest BCUT2D eigenvalue weighted by molar-refractivity contribution is -0.148. The normalized spacial score (nSPS) is 28.1. The Morgan fingerprint density at radius 2 is 2.13 bits per heavy atom. The number of hydrogen-bond donors (Lipinski definition) is 2. The summed E-state index contributed by atoms with van der Waals surface area (Å²) in [6.07, 6.45) is 0. The van der Waals surface area contributed by atoms with Gasteiger partial charge in [-0.2, -0.15) is 0 Å². The van der Waals surface area contributed by atoms with Crippen LogP contribution in [0.15, 0.2) is 22.7 Å². The summed E-state index contributed by atoms with van der Waals surface area (Å²) in [5, 5.41) is 6.92. The van der Waals surface area contributed by atoms with Crippen LogP contribution in [-0.4, -0.2) is 34.7 Å². The van der Waals surface area contributed by atoms with E-state index >= 15 is 0 Å². The van der Waals surface area contributed by atoms with Gasteiger partial charge in [0, 0.05) is 23.1 Å². The zero-order valence-corrected chi connectivity index (χ0v) is 15.8. The van der Waals surface area contributed by atoms with Crippen LogP contribution in [0.25, 0.3) is 0 Å². The van der Waals surface area contributed by atoms with Crippen LogP contribution in [0.2, 0.25) is 0 Å². The van der Waals surface area contributed by atoms with Gasteiger partial charge in [-0.1, -0.05) is 15.9 Å². The van der Waals surface area contributed by atoms with Gasteiger partial charge in [0.15, 0.2) is 10.8 Å². The minimum absolute atomic E-state index is 0.0654. The maximum atomic E-state index is 13.1. The molecule has 1 amide bonds. The van der Waals surface area contributed by atoms with Gasteiger partial charge in [0.1, 0.15) is 11.7 Å². The van der Waals surface area contributed by atoms with Crippen LogP contribution < -0.4 is 15.4 Å². The van der Waals surface area contributed by atoms with Crippen molar-refractivity contribution in [1.29, 1.82) is 0 Å². The first-order valence-electron chi connectivity index (χ1n) is 7.75. The number of nitrogens with zero attached hydrogens (tertiary/aromatic N) is 1. The molecule has 124 valence electrons. The molecule has 1 aromatic rings. The van der Waals surface area contributed by atoms with Crippen molar-refractivity contribution >= 4 is 39.2 Å². The van der Waals surface area contributed by atoms with Crippen LogP contribution in [0.1, 0.15) is 32.4 Å². The molecule has 2 bridgehead atoms. The SMILES string of the molecule is CCN(CC)C(=O)[C@@H]1[C@H]2NC(=S)N[C@@]1(C)Oc1ccc(Br)cc12. The molecule has 5 nitrogen and oxygen atoms in total. The number of fused-ring (bicyclic) bond motifs is 4. The predicted molar refractivity (Wildman–Crippen MR) is 96.2 cm³/mol. The highest BCUT2D eigenvalue weighted by Gasteiger charge is 2.55. The van der Waals surface area contributed by atoms with Crippen LogP contribution in [0.3, 0.4) is 0 Å². The summed E-state index contributed by atoms with van der Waals surface area (Å²) in [7, 11) is 0. The molecule has 1 saturated heterocycles. The highest BCUT2D eigenvalue weighted by molar-refractivity contribution is 9.10. The van der Waals surface area contributed by atoms with Gasteiger partial charge in [0.05, 0.1) is 6.04 Å². The van der Waals surface area contributed by atoms with E-state index in [9.17, 15) is 4.79 Å². The Morgan fingerprint density at radius 3 is 2.78 bits per heavy atom. The van der Waals surface area contributed by atoms with Crippen molar-refractivity contribution in [2.24, 2.45) is 5.92 Å². The second-order valence-electron chi connectivity index (χ2n) is 5.96. The van der Waals surface area contributed by atoms with E-state index in [0.29, 0.717) is 18.2 Å². The molecule has 1 aromatic carbocycles. The molecular weight excluding hydrogens is 378 g/mol. The first-order chi connectivity index (χ1) is 10.9. The van der Waals surface area contributed by atoms with Crippen molar-refractivity contribution in [3.63, 3.8) is 0 Å². The third kappa shape index (κ3) is 2.70. The molecule has 23 heavy (non-hydrogen) atoms. The van der Waals surface area contributed by atoms with Crippen LogP contribution in [-0.2, 0) is 4.79 Å². The van der Waals surface area contributed by atoms with E-state index in [2.05, 4.69) is 26.6 Å². The molecular formula is C16H20BrN3O2S. The molecule has 0 unspecified atom stereocenters. The molecule has 3 atom stereocenters. The van der Waals surface area contributed by atoms with Gasteiger partial charge in [0.25, 0.3) is 0 Å². The molecule has 2 N–H and O–H groups in total. The Balaban J connectivity index is 2.09. The lowest BCUT2D eigenvalue weighted by Gasteiger charge is -2.51. The number of halogens is 1. The van der Waals surface area contributed by atoms with Crippen molar-refractivity contribution in [3.05, 3.63) is 28.2 Å². The average molecular weight is 398 g/mol. The molecule has 7 heteroatoms.